The molecule has 4 rings (SSSR count). The van der Waals surface area contributed by atoms with Gasteiger partial charge in [0.1, 0.15) is 0 Å². The van der Waals surface area contributed by atoms with Gasteiger partial charge in [-0.25, -0.2) is 0 Å². The molecule has 0 aliphatic heterocycles. The van der Waals surface area contributed by atoms with Crippen molar-refractivity contribution in [3.8, 4) is 11.4 Å². The van der Waals surface area contributed by atoms with Crippen LogP contribution in [0.15, 0.2) is 53.7 Å². The minimum atomic E-state index is -0.149. The number of carbonyl (C=O) groups is 1. The molecule has 1 N–H and O–H groups in total. The fraction of sp³-hybridized carbons (Fsp3) is 0.318. The summed E-state index contributed by atoms with van der Waals surface area (Å²) >= 11 is 13.5. The highest BCUT2D eigenvalue weighted by molar-refractivity contribution is 7.99. The second-order valence-electron chi connectivity index (χ2n) is 7.30. The Kier molecular flexibility index (Phi) is 6.97. The Labute approximate surface area is 190 Å². The van der Waals surface area contributed by atoms with Crippen molar-refractivity contribution in [2.75, 3.05) is 11.1 Å². The maximum absolute atomic E-state index is 12.5. The maximum atomic E-state index is 12.5. The van der Waals surface area contributed by atoms with Crippen molar-refractivity contribution < 1.29 is 4.79 Å². The molecular formula is C22H22Cl2N4OS. The molecule has 0 saturated heterocycles. The van der Waals surface area contributed by atoms with Crippen LogP contribution >= 0.6 is 35.0 Å². The van der Waals surface area contributed by atoms with E-state index >= 15 is 0 Å². The lowest BCUT2D eigenvalue weighted by Crippen LogP contribution is -2.17. The standard InChI is InChI=1S/C22H22Cl2N4OS/c23-16-11-12-19(18(24)13-16)25-20(29)14-30-22-27-26-21(15-7-3-1-4-8-15)28(22)17-9-5-2-6-10-17/h1,3-4,7-8,11-13,17H,2,5-6,9-10,14H2,(H,25,29). The van der Waals surface area contributed by atoms with E-state index in [-0.39, 0.29) is 11.7 Å². The van der Waals surface area contributed by atoms with Crippen molar-refractivity contribution in [2.45, 2.75) is 43.3 Å². The smallest absolute Gasteiger partial charge is 0.234 e. The largest absolute Gasteiger partial charge is 0.324 e. The van der Waals surface area contributed by atoms with E-state index in [1.165, 1.54) is 31.0 Å². The molecule has 2 aromatic carbocycles. The van der Waals surface area contributed by atoms with E-state index in [2.05, 4.69) is 20.1 Å². The molecule has 1 heterocycles. The van der Waals surface area contributed by atoms with Crippen LogP contribution in [0, 0.1) is 0 Å². The SMILES string of the molecule is O=C(CSc1nnc(-c2ccccc2)n1C1CCCCC1)Nc1ccc(Cl)cc1Cl. The van der Waals surface area contributed by atoms with E-state index in [9.17, 15) is 4.79 Å². The average Bonchev–Trinajstić information content (AvgIpc) is 3.19. The van der Waals surface area contributed by atoms with E-state index in [0.717, 1.165) is 29.4 Å². The first-order chi connectivity index (χ1) is 14.6. The van der Waals surface area contributed by atoms with Gasteiger partial charge in [-0.3, -0.25) is 9.36 Å². The molecule has 1 aromatic heterocycles. The Morgan fingerprint density at radius 3 is 2.57 bits per heavy atom. The summed E-state index contributed by atoms with van der Waals surface area (Å²) in [6.45, 7) is 0. The summed E-state index contributed by atoms with van der Waals surface area (Å²) in [7, 11) is 0. The van der Waals surface area contributed by atoms with E-state index in [0.29, 0.717) is 21.8 Å². The normalized spacial score (nSPS) is 14.6. The van der Waals surface area contributed by atoms with Gasteiger partial charge in [-0.1, -0.05) is 84.6 Å². The maximum Gasteiger partial charge on any atom is 0.234 e. The minimum Gasteiger partial charge on any atom is -0.324 e. The number of hydrogen-bond acceptors (Lipinski definition) is 4. The summed E-state index contributed by atoms with van der Waals surface area (Å²) in [5.41, 5.74) is 1.59. The number of carbonyl (C=O) groups excluding carboxylic acids is 1. The van der Waals surface area contributed by atoms with Crippen molar-refractivity contribution in [2.24, 2.45) is 0 Å². The van der Waals surface area contributed by atoms with Gasteiger partial charge in [-0.05, 0) is 31.0 Å². The number of aromatic nitrogens is 3. The Morgan fingerprint density at radius 2 is 1.83 bits per heavy atom. The Bertz CT molecular complexity index is 1020. The third-order valence-corrected chi connectivity index (χ3v) is 6.66. The van der Waals surface area contributed by atoms with Gasteiger partial charge in [0.2, 0.25) is 5.91 Å². The van der Waals surface area contributed by atoms with Gasteiger partial charge in [0, 0.05) is 16.6 Å². The monoisotopic (exact) mass is 460 g/mol. The zero-order valence-electron chi connectivity index (χ0n) is 16.4. The zero-order valence-corrected chi connectivity index (χ0v) is 18.7. The lowest BCUT2D eigenvalue weighted by Gasteiger charge is -2.25. The van der Waals surface area contributed by atoms with Crippen LogP contribution in [-0.4, -0.2) is 26.4 Å². The zero-order chi connectivity index (χ0) is 20.9. The summed E-state index contributed by atoms with van der Waals surface area (Å²) in [4.78, 5) is 12.5. The topological polar surface area (TPSA) is 59.8 Å². The van der Waals surface area contributed by atoms with Crippen molar-refractivity contribution in [1.82, 2.24) is 14.8 Å². The highest BCUT2D eigenvalue weighted by Gasteiger charge is 2.24. The fourth-order valence-electron chi connectivity index (χ4n) is 3.74. The number of thioether (sulfide) groups is 1. The minimum absolute atomic E-state index is 0.149. The number of hydrogen-bond donors (Lipinski definition) is 1. The van der Waals surface area contributed by atoms with Gasteiger partial charge >= 0.3 is 0 Å². The number of nitrogens with one attached hydrogen (secondary N) is 1. The number of nitrogens with zero attached hydrogens (tertiary/aromatic N) is 3. The van der Waals surface area contributed by atoms with Crippen LogP contribution in [0.25, 0.3) is 11.4 Å². The molecule has 1 aliphatic rings. The first-order valence-electron chi connectivity index (χ1n) is 10.00. The molecule has 0 radical (unpaired) electrons. The lowest BCUT2D eigenvalue weighted by molar-refractivity contribution is -0.113. The highest BCUT2D eigenvalue weighted by Crippen LogP contribution is 2.35. The average molecular weight is 461 g/mol. The summed E-state index contributed by atoms with van der Waals surface area (Å²) in [6.07, 6.45) is 5.90. The van der Waals surface area contributed by atoms with Crippen LogP contribution < -0.4 is 5.32 Å². The molecule has 1 saturated carbocycles. The molecule has 0 bridgehead atoms. The lowest BCUT2D eigenvalue weighted by atomic mass is 9.95. The predicted molar refractivity (Wildman–Crippen MR) is 123 cm³/mol. The van der Waals surface area contributed by atoms with Crippen LogP contribution in [0.5, 0.6) is 0 Å². The molecule has 0 spiro atoms. The summed E-state index contributed by atoms with van der Waals surface area (Å²) in [5, 5.41) is 13.5. The van der Waals surface area contributed by atoms with E-state index in [4.69, 9.17) is 23.2 Å². The number of benzene rings is 2. The second-order valence-corrected chi connectivity index (χ2v) is 9.08. The van der Waals surface area contributed by atoms with Gasteiger partial charge in [0.25, 0.3) is 0 Å². The number of rotatable bonds is 6. The molecule has 5 nitrogen and oxygen atoms in total. The van der Waals surface area contributed by atoms with Crippen molar-refractivity contribution in [1.29, 1.82) is 0 Å². The Morgan fingerprint density at radius 1 is 1.07 bits per heavy atom. The van der Waals surface area contributed by atoms with Gasteiger partial charge in [0.15, 0.2) is 11.0 Å². The third-order valence-electron chi connectivity index (χ3n) is 5.17. The molecule has 1 aliphatic carbocycles. The highest BCUT2D eigenvalue weighted by atomic mass is 35.5. The van der Waals surface area contributed by atoms with E-state index in [1.807, 2.05) is 30.3 Å². The van der Waals surface area contributed by atoms with Gasteiger partial charge in [-0.2, -0.15) is 0 Å². The quantitative estimate of drug-likeness (QED) is 0.427. The first kappa shape index (κ1) is 21.2. The third kappa shape index (κ3) is 4.99. The van der Waals surface area contributed by atoms with Crippen molar-refractivity contribution in [3.63, 3.8) is 0 Å². The molecule has 1 amide bonds. The molecule has 0 unspecified atom stereocenters. The molecule has 1 fully saturated rings. The van der Waals surface area contributed by atoms with Crippen LogP contribution in [0.4, 0.5) is 5.69 Å². The van der Waals surface area contributed by atoms with Crippen molar-refractivity contribution in [3.05, 3.63) is 58.6 Å². The molecular weight excluding hydrogens is 439 g/mol. The molecule has 0 atom stereocenters. The molecule has 156 valence electrons. The molecule has 3 aromatic rings. The van der Waals surface area contributed by atoms with Crippen molar-refractivity contribution >= 4 is 46.6 Å². The second kappa shape index (κ2) is 9.86. The number of anilines is 1. The van der Waals surface area contributed by atoms with Gasteiger partial charge in [-0.15, -0.1) is 10.2 Å². The predicted octanol–water partition coefficient (Wildman–Crippen LogP) is 6.49. The fourth-order valence-corrected chi connectivity index (χ4v) is 5.00. The number of halogens is 2. The van der Waals surface area contributed by atoms with Crippen LogP contribution in [0.2, 0.25) is 10.0 Å². The molecule has 30 heavy (non-hydrogen) atoms. The molecule has 8 heteroatoms. The summed E-state index contributed by atoms with van der Waals surface area (Å²) < 4.78 is 2.22. The Balaban J connectivity index is 1.52. The Hall–Kier alpha value is -2.02. The van der Waals surface area contributed by atoms with Crippen LogP contribution in [0.3, 0.4) is 0 Å². The van der Waals surface area contributed by atoms with E-state index < -0.39 is 0 Å². The first-order valence-corrected chi connectivity index (χ1v) is 11.7. The van der Waals surface area contributed by atoms with Crippen LogP contribution in [-0.2, 0) is 4.79 Å². The number of amides is 1. The van der Waals surface area contributed by atoms with Gasteiger partial charge in [0.05, 0.1) is 16.5 Å². The summed E-state index contributed by atoms with van der Waals surface area (Å²) in [5.74, 6) is 0.938. The van der Waals surface area contributed by atoms with E-state index in [1.54, 1.807) is 18.2 Å². The van der Waals surface area contributed by atoms with Gasteiger partial charge < -0.3 is 5.32 Å². The van der Waals surface area contributed by atoms with Crippen LogP contribution in [0.1, 0.15) is 38.1 Å². The summed E-state index contributed by atoms with van der Waals surface area (Å²) in [6, 6.07) is 15.5.